The van der Waals surface area contributed by atoms with Gasteiger partial charge in [-0.25, -0.2) is 13.1 Å². The van der Waals surface area contributed by atoms with Gasteiger partial charge in [0, 0.05) is 43.5 Å². The summed E-state index contributed by atoms with van der Waals surface area (Å²) < 4.78 is 29.4. The number of nitrogens with one attached hydrogen (secondary N) is 3. The molecule has 4 fully saturated rings. The van der Waals surface area contributed by atoms with E-state index in [9.17, 15) is 33.0 Å². The maximum absolute atomic E-state index is 13.4. The number of aliphatic hydroxyl groups is 2. The van der Waals surface area contributed by atoms with E-state index in [1.165, 1.54) is 0 Å². The average Bonchev–Trinajstić information content (AvgIpc) is 3.52. The number of sulfonamides is 1. The molecule has 0 spiro atoms. The summed E-state index contributed by atoms with van der Waals surface area (Å²) in [6, 6.07) is 9.81. The number of fused-ring (bicyclic) bond motifs is 6. The van der Waals surface area contributed by atoms with E-state index < -0.39 is 34.5 Å². The Kier molecular flexibility index (Phi) is 13.3. The molecular weight excluding hydrogens is 745 g/mol. The number of carbonyl (C=O) groups is 3. The van der Waals surface area contributed by atoms with Crippen molar-refractivity contribution in [1.82, 2.24) is 15.4 Å². The highest BCUT2D eigenvalue weighted by atomic mass is 32.2. The van der Waals surface area contributed by atoms with Gasteiger partial charge in [-0.2, -0.15) is 0 Å². The summed E-state index contributed by atoms with van der Waals surface area (Å²) in [7, 11) is -0.0258. The number of benzene rings is 2. The largest absolute Gasteiger partial charge is 0.480 e. The fraction of sp³-hybridized carbons (Fsp3) is 0.705. The summed E-state index contributed by atoms with van der Waals surface area (Å²) in [5, 5.41) is 37.9. The Balaban J connectivity index is 1.02. The minimum atomic E-state index is -3.84. The number of carboxylic acids is 1. The molecule has 57 heavy (non-hydrogen) atoms. The van der Waals surface area contributed by atoms with E-state index in [1.807, 2.05) is 37.2 Å². The molecule has 6 N–H and O–H groups in total. The Bertz CT molecular complexity index is 1890. The van der Waals surface area contributed by atoms with Crippen molar-refractivity contribution in [2.75, 3.05) is 32.1 Å². The van der Waals surface area contributed by atoms with Crippen molar-refractivity contribution in [2.24, 2.45) is 46.3 Å². The molecule has 13 heteroatoms. The van der Waals surface area contributed by atoms with E-state index in [4.69, 9.17) is 5.11 Å². The van der Waals surface area contributed by atoms with Crippen LogP contribution in [0.2, 0.25) is 0 Å². The lowest BCUT2D eigenvalue weighted by Gasteiger charge is -2.62. The molecule has 2 aromatic rings. The van der Waals surface area contributed by atoms with E-state index in [-0.39, 0.29) is 65.1 Å². The second kappa shape index (κ2) is 17.5. The fourth-order valence-electron chi connectivity index (χ4n) is 12.2. The number of unbranched alkanes of at least 4 members (excludes halogenated alkanes) is 1. The van der Waals surface area contributed by atoms with E-state index in [0.29, 0.717) is 48.3 Å². The van der Waals surface area contributed by atoms with E-state index in [2.05, 4.69) is 36.1 Å². The van der Waals surface area contributed by atoms with Gasteiger partial charge in [-0.1, -0.05) is 45.0 Å². The number of amides is 2. The third-order valence-electron chi connectivity index (χ3n) is 15.2. The lowest BCUT2D eigenvalue weighted by molar-refractivity contribution is -0.174. The van der Waals surface area contributed by atoms with Gasteiger partial charge in [0.25, 0.3) is 0 Å². The Morgan fingerprint density at radius 2 is 1.60 bits per heavy atom. The molecule has 11 atom stereocenters. The van der Waals surface area contributed by atoms with Crippen molar-refractivity contribution >= 4 is 44.3 Å². The highest BCUT2D eigenvalue weighted by Gasteiger charge is 2.62. The highest BCUT2D eigenvalue weighted by Crippen LogP contribution is 2.68. The third kappa shape index (κ3) is 9.01. The molecule has 5 unspecified atom stereocenters. The minimum Gasteiger partial charge on any atom is -0.480 e. The maximum Gasteiger partial charge on any atom is 0.322 e. The number of aliphatic hydroxyl groups excluding tert-OH is 2. The van der Waals surface area contributed by atoms with Gasteiger partial charge in [0.05, 0.1) is 17.1 Å². The second-order valence-electron chi connectivity index (χ2n) is 18.6. The number of hydrogen-bond acceptors (Lipinski definition) is 8. The number of anilines is 1. The molecular formula is C44H66N4O8S. The first-order valence-electron chi connectivity index (χ1n) is 21.3. The smallest absolute Gasteiger partial charge is 0.322 e. The van der Waals surface area contributed by atoms with Gasteiger partial charge >= 0.3 is 5.97 Å². The number of aliphatic carboxylic acids is 1. The Labute approximate surface area is 339 Å². The van der Waals surface area contributed by atoms with E-state index in [0.717, 1.165) is 62.4 Å². The lowest BCUT2D eigenvalue weighted by atomic mass is 9.43. The second-order valence-corrected chi connectivity index (χ2v) is 20.4. The normalized spacial score (nSPS) is 32.0. The zero-order valence-electron chi connectivity index (χ0n) is 34.5. The summed E-state index contributed by atoms with van der Waals surface area (Å²) in [5.74, 6) is 0.207. The number of carboxylic acid groups (broad SMARTS) is 1. The van der Waals surface area contributed by atoms with Crippen LogP contribution in [0, 0.1) is 46.3 Å². The monoisotopic (exact) mass is 810 g/mol. The Hall–Kier alpha value is -3.26. The van der Waals surface area contributed by atoms with Gasteiger partial charge in [-0.05, 0) is 136 Å². The number of hydrogen-bond donors (Lipinski definition) is 6. The average molecular weight is 811 g/mol. The van der Waals surface area contributed by atoms with Crippen LogP contribution in [0.25, 0.3) is 10.8 Å². The van der Waals surface area contributed by atoms with Crippen LogP contribution in [-0.4, -0.2) is 87.0 Å². The molecule has 0 radical (unpaired) electrons. The van der Waals surface area contributed by atoms with Crippen LogP contribution in [0.15, 0.2) is 41.3 Å². The summed E-state index contributed by atoms with van der Waals surface area (Å²) in [6.07, 6.45) is 9.16. The van der Waals surface area contributed by atoms with E-state index in [1.54, 1.807) is 18.2 Å². The van der Waals surface area contributed by atoms with Crippen LogP contribution < -0.4 is 20.3 Å². The zero-order valence-corrected chi connectivity index (χ0v) is 35.3. The third-order valence-corrected chi connectivity index (χ3v) is 16.7. The Morgan fingerprint density at radius 3 is 2.33 bits per heavy atom. The predicted molar refractivity (Wildman–Crippen MR) is 221 cm³/mol. The summed E-state index contributed by atoms with van der Waals surface area (Å²) >= 11 is 0. The molecule has 0 saturated heterocycles. The topological polar surface area (TPSA) is 185 Å². The van der Waals surface area contributed by atoms with Crippen LogP contribution >= 0.6 is 0 Å². The first-order chi connectivity index (χ1) is 27.0. The van der Waals surface area contributed by atoms with Crippen molar-refractivity contribution in [2.45, 2.75) is 127 Å². The van der Waals surface area contributed by atoms with Crippen LogP contribution in [0.5, 0.6) is 0 Å². The molecule has 0 heterocycles. The summed E-state index contributed by atoms with van der Waals surface area (Å²) in [5.41, 5.74) is 1.16. The molecule has 316 valence electrons. The molecule has 0 aromatic heterocycles. The quantitative estimate of drug-likeness (QED) is 0.120. The number of nitrogens with zero attached hydrogens (tertiary/aromatic N) is 1. The Morgan fingerprint density at radius 1 is 0.895 bits per heavy atom. The van der Waals surface area contributed by atoms with Crippen LogP contribution in [0.3, 0.4) is 0 Å². The molecule has 0 bridgehead atoms. The van der Waals surface area contributed by atoms with Crippen molar-refractivity contribution in [3.05, 3.63) is 36.4 Å². The fourth-order valence-corrected chi connectivity index (χ4v) is 13.5. The summed E-state index contributed by atoms with van der Waals surface area (Å²) in [4.78, 5) is 39.8. The van der Waals surface area contributed by atoms with Crippen LogP contribution in [0.1, 0.15) is 104 Å². The molecule has 2 aromatic carbocycles. The molecule has 2 amide bonds. The van der Waals surface area contributed by atoms with Crippen LogP contribution in [-0.2, 0) is 24.4 Å². The van der Waals surface area contributed by atoms with Crippen LogP contribution in [0.4, 0.5) is 5.69 Å². The number of rotatable bonds is 16. The van der Waals surface area contributed by atoms with Gasteiger partial charge in [-0.15, -0.1) is 0 Å². The van der Waals surface area contributed by atoms with Gasteiger partial charge in [0.2, 0.25) is 21.8 Å². The molecule has 0 aliphatic heterocycles. The van der Waals surface area contributed by atoms with Crippen molar-refractivity contribution in [1.29, 1.82) is 0 Å². The SMILES string of the molecule is C[C@H](CCC(=O)N[C@@H](CCCCNS(=O)(=O)c1cccc2c(N(C)C)cccc12)C(=O)NCC(=O)O)[C@H]1CCC2C3C(O)CC4C[C@H](O)CC[C@]4(C)C3CC[C@@]21C. The van der Waals surface area contributed by atoms with Gasteiger partial charge in [0.15, 0.2) is 0 Å². The number of carbonyl (C=O) groups excluding carboxylic acids is 2. The molecule has 12 nitrogen and oxygen atoms in total. The lowest BCUT2D eigenvalue weighted by Crippen LogP contribution is -2.58. The van der Waals surface area contributed by atoms with Crippen molar-refractivity contribution in [3.8, 4) is 0 Å². The highest BCUT2D eigenvalue weighted by molar-refractivity contribution is 7.89. The van der Waals surface area contributed by atoms with Crippen molar-refractivity contribution < 1.29 is 38.1 Å². The predicted octanol–water partition coefficient (Wildman–Crippen LogP) is 5.45. The maximum atomic E-state index is 13.4. The first kappa shape index (κ1) is 43.3. The zero-order chi connectivity index (χ0) is 41.3. The molecule has 6 rings (SSSR count). The molecule has 4 saturated carbocycles. The standard InChI is InChI=1S/C44H66N4O8S/c1-27(32-16-17-33-41-34(20-22-44(32,33)3)43(2)21-19-29(49)24-28(43)25-37(41)50)15-18-39(51)47-35(42(54)45-26-40(52)53)12-6-7-23-46-57(55,56)38-14-9-10-30-31(38)11-8-13-36(30)48(4)5/h8-11,13-14,27-29,32-35,37,41,46,49-50H,6-7,12,15-26H2,1-5H3,(H,45,54)(H,47,51)(H,52,53)/t27-,28?,29-,32-,33?,34?,35+,37?,41?,43+,44-/m1/s1. The van der Waals surface area contributed by atoms with E-state index >= 15 is 0 Å². The van der Waals surface area contributed by atoms with Gasteiger partial charge < -0.3 is 30.9 Å². The van der Waals surface area contributed by atoms with Gasteiger partial charge in [0.1, 0.15) is 12.6 Å². The van der Waals surface area contributed by atoms with Gasteiger partial charge in [-0.3, -0.25) is 14.4 Å². The van der Waals surface area contributed by atoms with Crippen molar-refractivity contribution in [3.63, 3.8) is 0 Å². The first-order valence-corrected chi connectivity index (χ1v) is 22.8. The summed E-state index contributed by atoms with van der Waals surface area (Å²) in [6.45, 7) is 6.63. The molecule has 4 aliphatic carbocycles. The minimum absolute atomic E-state index is 0.0823. The molecule has 4 aliphatic rings.